The molecule has 36 heavy (non-hydrogen) atoms. The number of benzene rings is 1. The monoisotopic (exact) mass is 502 g/mol. The SMILES string of the molecule is CCOC(=O)CC(C)NC(=O)c1ccc(N2CCN(C3CCN(C(=O)OC(C)(C)C)CC3)CC2)cc1. The molecule has 200 valence electrons. The Kier molecular flexibility index (Phi) is 9.59. The molecule has 9 heteroatoms. The zero-order chi connectivity index (χ0) is 26.3. The van der Waals surface area contributed by atoms with Crippen molar-refractivity contribution in [3.05, 3.63) is 29.8 Å². The van der Waals surface area contributed by atoms with Crippen LogP contribution in [0.2, 0.25) is 0 Å². The van der Waals surface area contributed by atoms with Crippen LogP contribution in [0.1, 0.15) is 64.2 Å². The van der Waals surface area contributed by atoms with Gasteiger partial charge in [0, 0.05) is 62.6 Å². The molecule has 0 bridgehead atoms. The molecule has 2 amide bonds. The van der Waals surface area contributed by atoms with Gasteiger partial charge in [-0.25, -0.2) is 4.79 Å². The second kappa shape index (κ2) is 12.4. The number of piperazine rings is 1. The lowest BCUT2D eigenvalue weighted by Crippen LogP contribution is -2.54. The van der Waals surface area contributed by atoms with Gasteiger partial charge in [0.25, 0.3) is 5.91 Å². The minimum atomic E-state index is -0.463. The molecule has 0 spiro atoms. The van der Waals surface area contributed by atoms with Gasteiger partial charge in [-0.1, -0.05) is 0 Å². The standard InChI is InChI=1S/C27H42N4O5/c1-6-35-24(32)19-20(2)28-25(33)21-7-9-22(10-8-21)29-15-17-30(18-16-29)23-11-13-31(14-12-23)26(34)36-27(3,4)5/h7-10,20,23H,6,11-19H2,1-5H3,(H,28,33). The van der Waals surface area contributed by atoms with E-state index in [1.807, 2.05) is 49.9 Å². The first kappa shape index (κ1) is 27.8. The molecule has 2 fully saturated rings. The average molecular weight is 503 g/mol. The van der Waals surface area contributed by atoms with E-state index in [-0.39, 0.29) is 30.4 Å². The van der Waals surface area contributed by atoms with Crippen LogP contribution in [0.3, 0.4) is 0 Å². The van der Waals surface area contributed by atoms with E-state index in [9.17, 15) is 14.4 Å². The van der Waals surface area contributed by atoms with Gasteiger partial charge in [-0.3, -0.25) is 14.5 Å². The quantitative estimate of drug-likeness (QED) is 0.572. The number of piperidine rings is 1. The number of ether oxygens (including phenoxy) is 2. The van der Waals surface area contributed by atoms with E-state index in [4.69, 9.17) is 9.47 Å². The fourth-order valence-electron chi connectivity index (χ4n) is 4.74. The molecule has 0 aromatic heterocycles. The number of rotatable bonds is 7. The van der Waals surface area contributed by atoms with Crippen molar-refractivity contribution in [2.45, 2.75) is 71.6 Å². The fourth-order valence-corrected chi connectivity index (χ4v) is 4.74. The summed E-state index contributed by atoms with van der Waals surface area (Å²) in [5.74, 6) is -0.505. The van der Waals surface area contributed by atoms with Crippen molar-refractivity contribution in [3.63, 3.8) is 0 Å². The van der Waals surface area contributed by atoms with Crippen LogP contribution < -0.4 is 10.2 Å². The van der Waals surface area contributed by atoms with Crippen molar-refractivity contribution in [2.24, 2.45) is 0 Å². The van der Waals surface area contributed by atoms with Crippen LogP contribution in [0.5, 0.6) is 0 Å². The van der Waals surface area contributed by atoms with Crippen molar-refractivity contribution in [1.29, 1.82) is 0 Å². The van der Waals surface area contributed by atoms with Crippen molar-refractivity contribution in [2.75, 3.05) is 50.8 Å². The molecule has 0 aliphatic carbocycles. The smallest absolute Gasteiger partial charge is 0.410 e. The number of carbonyl (C=O) groups excluding carboxylic acids is 3. The highest BCUT2D eigenvalue weighted by Gasteiger charge is 2.31. The maximum Gasteiger partial charge on any atom is 0.410 e. The Bertz CT molecular complexity index is 882. The molecule has 0 saturated carbocycles. The number of amides is 2. The number of nitrogens with one attached hydrogen (secondary N) is 1. The van der Waals surface area contributed by atoms with E-state index in [1.54, 1.807) is 13.8 Å². The zero-order valence-electron chi connectivity index (χ0n) is 22.4. The highest BCUT2D eigenvalue weighted by molar-refractivity contribution is 5.95. The minimum Gasteiger partial charge on any atom is -0.466 e. The van der Waals surface area contributed by atoms with Crippen LogP contribution in [0.4, 0.5) is 10.5 Å². The Morgan fingerprint density at radius 1 is 1.00 bits per heavy atom. The molecule has 1 unspecified atom stereocenters. The zero-order valence-corrected chi connectivity index (χ0v) is 22.4. The molecule has 1 atom stereocenters. The van der Waals surface area contributed by atoms with Gasteiger partial charge in [0.05, 0.1) is 13.0 Å². The van der Waals surface area contributed by atoms with Crippen LogP contribution >= 0.6 is 0 Å². The van der Waals surface area contributed by atoms with Crippen LogP contribution in [0, 0.1) is 0 Å². The number of hydrogen-bond acceptors (Lipinski definition) is 7. The summed E-state index contributed by atoms with van der Waals surface area (Å²) in [4.78, 5) is 43.1. The van der Waals surface area contributed by atoms with Crippen molar-refractivity contribution in [3.8, 4) is 0 Å². The molecule has 0 radical (unpaired) electrons. The Morgan fingerprint density at radius 2 is 1.61 bits per heavy atom. The summed E-state index contributed by atoms with van der Waals surface area (Å²) < 4.78 is 10.4. The summed E-state index contributed by atoms with van der Waals surface area (Å²) in [6, 6.07) is 7.84. The van der Waals surface area contributed by atoms with E-state index >= 15 is 0 Å². The summed E-state index contributed by atoms with van der Waals surface area (Å²) >= 11 is 0. The van der Waals surface area contributed by atoms with Gasteiger partial charge in [0.1, 0.15) is 5.60 Å². The van der Waals surface area contributed by atoms with Gasteiger partial charge in [-0.15, -0.1) is 0 Å². The Labute approximate surface area is 215 Å². The predicted octanol–water partition coefficient (Wildman–Crippen LogP) is 3.28. The summed E-state index contributed by atoms with van der Waals surface area (Å²) in [5, 5.41) is 2.86. The largest absolute Gasteiger partial charge is 0.466 e. The molecule has 3 rings (SSSR count). The number of hydrogen-bond donors (Lipinski definition) is 1. The first-order chi connectivity index (χ1) is 17.1. The average Bonchev–Trinajstić information content (AvgIpc) is 2.83. The lowest BCUT2D eigenvalue weighted by Gasteiger charge is -2.43. The molecule has 1 aromatic carbocycles. The van der Waals surface area contributed by atoms with Crippen LogP contribution in [-0.4, -0.2) is 91.3 Å². The Hall–Kier alpha value is -2.81. The topological polar surface area (TPSA) is 91.4 Å². The lowest BCUT2D eigenvalue weighted by molar-refractivity contribution is -0.143. The molecule has 2 saturated heterocycles. The second-order valence-electron chi connectivity index (χ2n) is 10.7. The van der Waals surface area contributed by atoms with E-state index < -0.39 is 5.60 Å². The first-order valence-corrected chi connectivity index (χ1v) is 13.1. The maximum atomic E-state index is 12.5. The summed E-state index contributed by atoms with van der Waals surface area (Å²) in [5.41, 5.74) is 1.21. The van der Waals surface area contributed by atoms with Crippen molar-refractivity contribution in [1.82, 2.24) is 15.1 Å². The van der Waals surface area contributed by atoms with E-state index in [0.29, 0.717) is 18.2 Å². The Morgan fingerprint density at radius 3 is 2.17 bits per heavy atom. The molecule has 2 heterocycles. The first-order valence-electron chi connectivity index (χ1n) is 13.1. The molecule has 2 aliphatic rings. The maximum absolute atomic E-state index is 12.5. The van der Waals surface area contributed by atoms with E-state index in [1.165, 1.54) is 0 Å². The summed E-state index contributed by atoms with van der Waals surface area (Å²) in [6.07, 6.45) is 1.88. The van der Waals surface area contributed by atoms with Gasteiger partial charge in [0.2, 0.25) is 0 Å². The minimum absolute atomic E-state index is 0.155. The summed E-state index contributed by atoms with van der Waals surface area (Å²) in [6.45, 7) is 14.9. The fraction of sp³-hybridized carbons (Fsp3) is 0.667. The molecule has 1 N–H and O–H groups in total. The van der Waals surface area contributed by atoms with Gasteiger partial charge < -0.3 is 24.6 Å². The number of carbonyl (C=O) groups is 3. The third-order valence-corrected chi connectivity index (χ3v) is 6.60. The van der Waals surface area contributed by atoms with Crippen LogP contribution in [-0.2, 0) is 14.3 Å². The van der Waals surface area contributed by atoms with Gasteiger partial charge in [-0.2, -0.15) is 0 Å². The van der Waals surface area contributed by atoms with Gasteiger partial charge >= 0.3 is 12.1 Å². The van der Waals surface area contributed by atoms with Gasteiger partial charge in [-0.05, 0) is 71.7 Å². The van der Waals surface area contributed by atoms with Crippen molar-refractivity contribution < 1.29 is 23.9 Å². The molecule has 2 aliphatic heterocycles. The number of anilines is 1. The second-order valence-corrected chi connectivity index (χ2v) is 10.7. The van der Waals surface area contributed by atoms with Crippen molar-refractivity contribution >= 4 is 23.7 Å². The third kappa shape index (κ3) is 8.11. The molecule has 9 nitrogen and oxygen atoms in total. The third-order valence-electron chi connectivity index (χ3n) is 6.60. The van der Waals surface area contributed by atoms with E-state index in [0.717, 1.165) is 57.8 Å². The molecule has 1 aromatic rings. The van der Waals surface area contributed by atoms with Gasteiger partial charge in [0.15, 0.2) is 0 Å². The predicted molar refractivity (Wildman–Crippen MR) is 139 cm³/mol. The van der Waals surface area contributed by atoms with Crippen LogP contribution in [0.15, 0.2) is 24.3 Å². The number of esters is 1. The number of nitrogens with zero attached hydrogens (tertiary/aromatic N) is 3. The normalized spacial score (nSPS) is 18.5. The lowest BCUT2D eigenvalue weighted by atomic mass is 10.0. The molecular formula is C27H42N4O5. The highest BCUT2D eigenvalue weighted by atomic mass is 16.6. The van der Waals surface area contributed by atoms with Crippen LogP contribution in [0.25, 0.3) is 0 Å². The van der Waals surface area contributed by atoms with E-state index in [2.05, 4.69) is 15.1 Å². The number of likely N-dealkylation sites (tertiary alicyclic amines) is 1. The molecular weight excluding hydrogens is 460 g/mol. The highest BCUT2D eigenvalue weighted by Crippen LogP contribution is 2.23. The Balaban J connectivity index is 1.42. The summed E-state index contributed by atoms with van der Waals surface area (Å²) in [7, 11) is 0.